The molecule has 18 heavy (non-hydrogen) atoms. The van der Waals surface area contributed by atoms with E-state index in [4.69, 9.17) is 9.47 Å². The average Bonchev–Trinajstić information content (AvgIpc) is 2.41. The zero-order valence-corrected chi connectivity index (χ0v) is 12.0. The van der Waals surface area contributed by atoms with Gasteiger partial charge >= 0.3 is 5.97 Å². The molecule has 0 aromatic rings. The number of carbonyl (C=O) groups is 1. The van der Waals surface area contributed by atoms with Crippen LogP contribution in [0.25, 0.3) is 0 Å². The van der Waals surface area contributed by atoms with E-state index in [-0.39, 0.29) is 11.9 Å². The van der Waals surface area contributed by atoms with Gasteiger partial charge in [0.2, 0.25) is 0 Å². The van der Waals surface area contributed by atoms with Crippen molar-refractivity contribution in [2.45, 2.75) is 58.8 Å². The van der Waals surface area contributed by atoms with Crippen LogP contribution >= 0.6 is 0 Å². The molecule has 3 nitrogen and oxygen atoms in total. The molecule has 0 aromatic heterocycles. The molecule has 1 aliphatic rings. The minimum atomic E-state index is -0.0397. The second kappa shape index (κ2) is 9.37. The number of unbranched alkanes of at least 4 members (excludes halogenated alkanes) is 1. The predicted octanol–water partition coefficient (Wildman–Crippen LogP) is 3.56. The van der Waals surface area contributed by atoms with Crippen molar-refractivity contribution in [3.8, 4) is 0 Å². The van der Waals surface area contributed by atoms with E-state index in [1.165, 1.54) is 19.3 Å². The van der Waals surface area contributed by atoms with Crippen LogP contribution in [-0.4, -0.2) is 25.8 Å². The number of esters is 1. The molecule has 3 heteroatoms. The van der Waals surface area contributed by atoms with Crippen molar-refractivity contribution < 1.29 is 14.3 Å². The predicted molar refractivity (Wildman–Crippen MR) is 72.4 cm³/mol. The van der Waals surface area contributed by atoms with Crippen LogP contribution in [0.2, 0.25) is 0 Å². The Bertz CT molecular complexity index is 222. The molecular weight excluding hydrogens is 228 g/mol. The average molecular weight is 256 g/mol. The van der Waals surface area contributed by atoms with Crippen molar-refractivity contribution in [3.63, 3.8) is 0 Å². The molecule has 0 amide bonds. The Labute approximate surface area is 111 Å². The van der Waals surface area contributed by atoms with E-state index in [1.54, 1.807) is 0 Å². The molecule has 106 valence electrons. The highest BCUT2D eigenvalue weighted by molar-refractivity contribution is 5.73. The minimum Gasteiger partial charge on any atom is -0.465 e. The van der Waals surface area contributed by atoms with E-state index < -0.39 is 0 Å². The molecular formula is C15H28O3. The summed E-state index contributed by atoms with van der Waals surface area (Å²) in [6, 6.07) is 0. The summed E-state index contributed by atoms with van der Waals surface area (Å²) in [6.45, 7) is 5.84. The van der Waals surface area contributed by atoms with Gasteiger partial charge in [-0.25, -0.2) is 0 Å². The van der Waals surface area contributed by atoms with Crippen molar-refractivity contribution in [2.75, 3.05) is 19.8 Å². The molecule has 1 saturated carbocycles. The van der Waals surface area contributed by atoms with Gasteiger partial charge in [-0.2, -0.15) is 0 Å². The third kappa shape index (κ3) is 5.38. The first-order valence-electron chi connectivity index (χ1n) is 7.54. The molecule has 0 aromatic carbocycles. The van der Waals surface area contributed by atoms with Crippen LogP contribution in [0.3, 0.4) is 0 Å². The molecule has 0 aliphatic heterocycles. The summed E-state index contributed by atoms with van der Waals surface area (Å²) in [5, 5.41) is 0. The number of hydrogen-bond donors (Lipinski definition) is 0. The molecule has 0 radical (unpaired) electrons. The second-order valence-electron chi connectivity index (χ2n) is 5.19. The molecule has 0 heterocycles. The zero-order chi connectivity index (χ0) is 13.2. The number of carbonyl (C=O) groups excluding carboxylic acids is 1. The summed E-state index contributed by atoms with van der Waals surface area (Å²) in [6.07, 6.45) is 8.12. The van der Waals surface area contributed by atoms with Gasteiger partial charge in [-0.3, -0.25) is 4.79 Å². The van der Waals surface area contributed by atoms with Crippen LogP contribution in [-0.2, 0) is 14.3 Å². The van der Waals surface area contributed by atoms with Gasteiger partial charge in [0, 0.05) is 6.61 Å². The summed E-state index contributed by atoms with van der Waals surface area (Å²) in [4.78, 5) is 12.1. The molecule has 1 fully saturated rings. The van der Waals surface area contributed by atoms with Gasteiger partial charge in [0.25, 0.3) is 0 Å². The van der Waals surface area contributed by atoms with E-state index in [0.717, 1.165) is 25.7 Å². The fourth-order valence-corrected chi connectivity index (χ4v) is 2.60. The largest absolute Gasteiger partial charge is 0.465 e. The Balaban J connectivity index is 2.44. The Morgan fingerprint density at radius 1 is 1.22 bits per heavy atom. The molecule has 1 unspecified atom stereocenters. The van der Waals surface area contributed by atoms with E-state index in [9.17, 15) is 4.79 Å². The first-order chi connectivity index (χ1) is 8.79. The van der Waals surface area contributed by atoms with Crippen molar-refractivity contribution in [1.29, 1.82) is 0 Å². The molecule has 0 N–H and O–H groups in total. The lowest BCUT2D eigenvalue weighted by Crippen LogP contribution is -2.31. The summed E-state index contributed by atoms with van der Waals surface area (Å²) < 4.78 is 10.9. The fraction of sp³-hybridized carbons (Fsp3) is 0.933. The van der Waals surface area contributed by atoms with E-state index in [2.05, 4.69) is 6.92 Å². The van der Waals surface area contributed by atoms with Crippen LogP contribution in [0.1, 0.15) is 58.8 Å². The quantitative estimate of drug-likeness (QED) is 0.492. The molecule has 0 bridgehead atoms. The van der Waals surface area contributed by atoms with Crippen molar-refractivity contribution in [1.82, 2.24) is 0 Å². The third-order valence-corrected chi connectivity index (χ3v) is 3.77. The fourth-order valence-electron chi connectivity index (χ4n) is 2.60. The molecule has 0 saturated heterocycles. The standard InChI is InChI=1S/C15H28O3/c1-3-5-11-18-15(16)14(12-17-4-2)13-9-7-6-8-10-13/h13-14H,3-12H2,1-2H3. The highest BCUT2D eigenvalue weighted by atomic mass is 16.5. The van der Waals surface area contributed by atoms with Crippen molar-refractivity contribution in [2.24, 2.45) is 11.8 Å². The zero-order valence-electron chi connectivity index (χ0n) is 12.0. The highest BCUT2D eigenvalue weighted by Crippen LogP contribution is 2.31. The summed E-state index contributed by atoms with van der Waals surface area (Å²) in [5.74, 6) is 0.394. The van der Waals surface area contributed by atoms with Crippen molar-refractivity contribution >= 4 is 5.97 Å². The monoisotopic (exact) mass is 256 g/mol. The van der Waals surface area contributed by atoms with Gasteiger partial charge in [0.1, 0.15) is 0 Å². The molecule has 1 rings (SSSR count). The van der Waals surface area contributed by atoms with E-state index in [1.807, 2.05) is 6.92 Å². The van der Waals surface area contributed by atoms with Crippen molar-refractivity contribution in [3.05, 3.63) is 0 Å². The molecule has 1 aliphatic carbocycles. The first-order valence-corrected chi connectivity index (χ1v) is 7.54. The summed E-state index contributed by atoms with van der Waals surface area (Å²) >= 11 is 0. The van der Waals surface area contributed by atoms with Gasteiger partial charge in [0.15, 0.2) is 0 Å². The van der Waals surface area contributed by atoms with Gasteiger partial charge in [-0.05, 0) is 32.1 Å². The SMILES string of the molecule is CCCCOC(=O)C(COCC)C1CCCCC1. The van der Waals surface area contributed by atoms with Crippen LogP contribution < -0.4 is 0 Å². The Morgan fingerprint density at radius 2 is 1.94 bits per heavy atom. The maximum atomic E-state index is 12.1. The summed E-state index contributed by atoms with van der Waals surface area (Å²) in [5.41, 5.74) is 0. The van der Waals surface area contributed by atoms with Crippen LogP contribution in [0.15, 0.2) is 0 Å². The Morgan fingerprint density at radius 3 is 2.56 bits per heavy atom. The maximum absolute atomic E-state index is 12.1. The lowest BCUT2D eigenvalue weighted by Gasteiger charge is -2.28. The number of rotatable bonds is 8. The van der Waals surface area contributed by atoms with Crippen LogP contribution in [0, 0.1) is 11.8 Å². The van der Waals surface area contributed by atoms with E-state index >= 15 is 0 Å². The second-order valence-corrected chi connectivity index (χ2v) is 5.19. The Hall–Kier alpha value is -0.570. The normalized spacial score (nSPS) is 18.6. The first kappa shape index (κ1) is 15.5. The maximum Gasteiger partial charge on any atom is 0.311 e. The summed E-state index contributed by atoms with van der Waals surface area (Å²) in [7, 11) is 0. The smallest absolute Gasteiger partial charge is 0.311 e. The number of hydrogen-bond acceptors (Lipinski definition) is 3. The van der Waals surface area contributed by atoms with Gasteiger partial charge in [0.05, 0.1) is 19.1 Å². The van der Waals surface area contributed by atoms with E-state index in [0.29, 0.717) is 25.7 Å². The van der Waals surface area contributed by atoms with Gasteiger partial charge < -0.3 is 9.47 Å². The lowest BCUT2D eigenvalue weighted by molar-refractivity contribution is -0.153. The topological polar surface area (TPSA) is 35.5 Å². The minimum absolute atomic E-state index is 0.0381. The van der Waals surface area contributed by atoms with Gasteiger partial charge in [-0.1, -0.05) is 32.6 Å². The highest BCUT2D eigenvalue weighted by Gasteiger charge is 2.30. The Kier molecular flexibility index (Phi) is 8.06. The van der Waals surface area contributed by atoms with Crippen LogP contribution in [0.4, 0.5) is 0 Å². The van der Waals surface area contributed by atoms with Crippen LogP contribution in [0.5, 0.6) is 0 Å². The number of ether oxygens (including phenoxy) is 2. The molecule has 1 atom stereocenters. The molecule has 0 spiro atoms. The lowest BCUT2D eigenvalue weighted by atomic mass is 9.80. The third-order valence-electron chi connectivity index (χ3n) is 3.77. The van der Waals surface area contributed by atoms with Gasteiger partial charge in [-0.15, -0.1) is 0 Å².